The largest absolute Gasteiger partial charge is 0.380 e. The Hall–Kier alpha value is -2.11. The van der Waals surface area contributed by atoms with Crippen LogP contribution in [0.3, 0.4) is 0 Å². The summed E-state index contributed by atoms with van der Waals surface area (Å²) in [6.45, 7) is 6.49. The number of nitro groups is 1. The fourth-order valence-corrected chi connectivity index (χ4v) is 2.37. The van der Waals surface area contributed by atoms with Crippen molar-refractivity contribution < 1.29 is 9.72 Å². The molecule has 0 aliphatic heterocycles. The summed E-state index contributed by atoms with van der Waals surface area (Å²) < 4.78 is 0. The lowest BCUT2D eigenvalue weighted by Gasteiger charge is -2.26. The molecule has 1 rings (SSSR count). The third kappa shape index (κ3) is 3.93. The number of nitrogens with zero attached hydrogens (tertiary/aromatic N) is 2. The average molecular weight is 293 g/mol. The minimum atomic E-state index is -0.448. The molecular weight excluding hydrogens is 270 g/mol. The first-order chi connectivity index (χ1) is 9.96. The third-order valence-corrected chi connectivity index (χ3v) is 3.62. The summed E-state index contributed by atoms with van der Waals surface area (Å²) in [5.74, 6) is -0.113. The zero-order chi connectivity index (χ0) is 16.0. The number of nitrogens with one attached hydrogen (secondary N) is 1. The van der Waals surface area contributed by atoms with Crippen LogP contribution in [0, 0.1) is 10.1 Å². The standard InChI is InChI=1S/C15H23N3O3/c1-5-12(6-2)17(4)15(19)11-8-9-14(18(20)21)13(10-11)16-7-3/h8-10,12,16H,5-7H2,1-4H3. The van der Waals surface area contributed by atoms with Crippen molar-refractivity contribution >= 4 is 17.3 Å². The molecule has 6 heteroatoms. The highest BCUT2D eigenvalue weighted by Crippen LogP contribution is 2.26. The Balaban J connectivity index is 3.10. The van der Waals surface area contributed by atoms with E-state index in [4.69, 9.17) is 0 Å². The SMILES string of the molecule is CCNc1cc(C(=O)N(C)C(CC)CC)ccc1[N+](=O)[O-]. The number of nitro benzene ring substituents is 1. The number of hydrogen-bond donors (Lipinski definition) is 1. The molecule has 0 heterocycles. The molecule has 0 aromatic heterocycles. The van der Waals surface area contributed by atoms with Gasteiger partial charge in [0.05, 0.1) is 4.92 Å². The molecule has 1 aromatic carbocycles. The minimum Gasteiger partial charge on any atom is -0.380 e. The van der Waals surface area contributed by atoms with Crippen molar-refractivity contribution in [2.75, 3.05) is 18.9 Å². The van der Waals surface area contributed by atoms with Crippen LogP contribution >= 0.6 is 0 Å². The van der Waals surface area contributed by atoms with Gasteiger partial charge in [-0.25, -0.2) is 0 Å². The van der Waals surface area contributed by atoms with E-state index in [1.54, 1.807) is 18.0 Å². The molecule has 6 nitrogen and oxygen atoms in total. The quantitative estimate of drug-likeness (QED) is 0.618. The van der Waals surface area contributed by atoms with Crippen LogP contribution in [0.5, 0.6) is 0 Å². The van der Waals surface area contributed by atoms with Crippen LogP contribution in [-0.2, 0) is 0 Å². The Morgan fingerprint density at radius 3 is 2.43 bits per heavy atom. The molecule has 0 bridgehead atoms. The second-order valence-corrected chi connectivity index (χ2v) is 4.91. The molecule has 1 aromatic rings. The maximum absolute atomic E-state index is 12.5. The fourth-order valence-electron chi connectivity index (χ4n) is 2.37. The second kappa shape index (κ2) is 7.61. The number of carbonyl (C=O) groups excluding carboxylic acids is 1. The Bertz CT molecular complexity index is 513. The first-order valence-corrected chi connectivity index (χ1v) is 7.25. The number of hydrogen-bond acceptors (Lipinski definition) is 4. The van der Waals surface area contributed by atoms with E-state index in [1.165, 1.54) is 12.1 Å². The van der Waals surface area contributed by atoms with Gasteiger partial charge in [-0.15, -0.1) is 0 Å². The normalized spacial score (nSPS) is 10.5. The van der Waals surface area contributed by atoms with Crippen LogP contribution in [0.2, 0.25) is 0 Å². The summed E-state index contributed by atoms with van der Waals surface area (Å²) in [7, 11) is 1.77. The molecule has 0 spiro atoms. The number of carbonyl (C=O) groups is 1. The molecular formula is C15H23N3O3. The summed E-state index contributed by atoms with van der Waals surface area (Å²) in [5, 5.41) is 13.9. The maximum atomic E-state index is 12.5. The van der Waals surface area contributed by atoms with E-state index in [-0.39, 0.29) is 17.6 Å². The molecule has 0 atom stereocenters. The van der Waals surface area contributed by atoms with Crippen molar-refractivity contribution in [3.63, 3.8) is 0 Å². The molecule has 21 heavy (non-hydrogen) atoms. The van der Waals surface area contributed by atoms with Crippen molar-refractivity contribution in [1.82, 2.24) is 4.90 Å². The lowest BCUT2D eigenvalue weighted by molar-refractivity contribution is -0.384. The van der Waals surface area contributed by atoms with Gasteiger partial charge in [0.15, 0.2) is 0 Å². The van der Waals surface area contributed by atoms with Gasteiger partial charge in [0.1, 0.15) is 5.69 Å². The van der Waals surface area contributed by atoms with Crippen LogP contribution in [0.1, 0.15) is 44.0 Å². The Morgan fingerprint density at radius 2 is 1.95 bits per heavy atom. The predicted octanol–water partition coefficient (Wildman–Crippen LogP) is 3.29. The van der Waals surface area contributed by atoms with Crippen LogP contribution in [-0.4, -0.2) is 35.4 Å². The third-order valence-electron chi connectivity index (χ3n) is 3.62. The van der Waals surface area contributed by atoms with E-state index in [9.17, 15) is 14.9 Å². The zero-order valence-corrected chi connectivity index (χ0v) is 13.0. The number of anilines is 1. The number of benzene rings is 1. The summed E-state index contributed by atoms with van der Waals surface area (Å²) in [5.41, 5.74) is 0.829. The highest BCUT2D eigenvalue weighted by Gasteiger charge is 2.21. The van der Waals surface area contributed by atoms with Crippen molar-refractivity contribution in [3.05, 3.63) is 33.9 Å². The molecule has 1 N–H and O–H groups in total. The van der Waals surface area contributed by atoms with Crippen molar-refractivity contribution in [3.8, 4) is 0 Å². The van der Waals surface area contributed by atoms with Crippen LogP contribution in [0.4, 0.5) is 11.4 Å². The lowest BCUT2D eigenvalue weighted by Crippen LogP contribution is -2.36. The topological polar surface area (TPSA) is 75.5 Å². The first-order valence-electron chi connectivity index (χ1n) is 7.25. The van der Waals surface area contributed by atoms with E-state index in [0.717, 1.165) is 12.8 Å². The van der Waals surface area contributed by atoms with Gasteiger partial charge >= 0.3 is 0 Å². The Labute approximate surface area is 125 Å². The van der Waals surface area contributed by atoms with E-state index in [2.05, 4.69) is 5.32 Å². The van der Waals surface area contributed by atoms with Crippen LogP contribution < -0.4 is 5.32 Å². The summed E-state index contributed by atoms with van der Waals surface area (Å²) >= 11 is 0. The minimum absolute atomic E-state index is 0.0152. The predicted molar refractivity (Wildman–Crippen MR) is 83.7 cm³/mol. The smallest absolute Gasteiger partial charge is 0.292 e. The molecule has 1 amide bonds. The highest BCUT2D eigenvalue weighted by atomic mass is 16.6. The lowest BCUT2D eigenvalue weighted by atomic mass is 10.1. The molecule has 0 aliphatic carbocycles. The number of rotatable bonds is 7. The highest BCUT2D eigenvalue weighted by molar-refractivity contribution is 5.96. The Kier molecular flexibility index (Phi) is 6.14. The average Bonchev–Trinajstić information content (AvgIpc) is 2.47. The van der Waals surface area contributed by atoms with Gasteiger partial charge in [-0.2, -0.15) is 0 Å². The summed E-state index contributed by atoms with van der Waals surface area (Å²) in [4.78, 5) is 24.7. The zero-order valence-electron chi connectivity index (χ0n) is 13.0. The monoisotopic (exact) mass is 293 g/mol. The van der Waals surface area contributed by atoms with Crippen LogP contribution in [0.15, 0.2) is 18.2 Å². The molecule has 0 unspecified atom stereocenters. The Morgan fingerprint density at radius 1 is 1.33 bits per heavy atom. The van der Waals surface area contributed by atoms with Crippen molar-refractivity contribution in [2.24, 2.45) is 0 Å². The summed E-state index contributed by atoms with van der Waals surface area (Å²) in [6.07, 6.45) is 1.76. The molecule has 0 saturated carbocycles. The van der Waals surface area contributed by atoms with Gasteiger partial charge in [0.2, 0.25) is 0 Å². The van der Waals surface area contributed by atoms with E-state index in [1.807, 2.05) is 20.8 Å². The molecule has 0 fully saturated rings. The number of amides is 1. The molecule has 0 radical (unpaired) electrons. The van der Waals surface area contributed by atoms with Gasteiger partial charge in [-0.05, 0) is 31.9 Å². The van der Waals surface area contributed by atoms with E-state index >= 15 is 0 Å². The van der Waals surface area contributed by atoms with Gasteiger partial charge in [0.25, 0.3) is 11.6 Å². The first kappa shape index (κ1) is 16.9. The van der Waals surface area contributed by atoms with Gasteiger partial charge in [-0.1, -0.05) is 13.8 Å². The van der Waals surface area contributed by atoms with Gasteiger partial charge < -0.3 is 10.2 Å². The fraction of sp³-hybridized carbons (Fsp3) is 0.533. The van der Waals surface area contributed by atoms with E-state index in [0.29, 0.717) is 17.8 Å². The maximum Gasteiger partial charge on any atom is 0.292 e. The second-order valence-electron chi connectivity index (χ2n) is 4.91. The molecule has 0 aliphatic rings. The van der Waals surface area contributed by atoms with Crippen LogP contribution in [0.25, 0.3) is 0 Å². The van der Waals surface area contributed by atoms with Gasteiger partial charge in [-0.3, -0.25) is 14.9 Å². The van der Waals surface area contributed by atoms with Crippen molar-refractivity contribution in [2.45, 2.75) is 39.7 Å². The molecule has 0 saturated heterocycles. The van der Waals surface area contributed by atoms with Gasteiger partial charge in [0, 0.05) is 31.3 Å². The van der Waals surface area contributed by atoms with E-state index < -0.39 is 4.92 Å². The van der Waals surface area contributed by atoms with Crippen molar-refractivity contribution in [1.29, 1.82) is 0 Å². The molecule has 116 valence electrons. The summed E-state index contributed by atoms with van der Waals surface area (Å²) in [6, 6.07) is 4.63.